The van der Waals surface area contributed by atoms with Crippen molar-refractivity contribution in [1.29, 1.82) is 0 Å². The predicted molar refractivity (Wildman–Crippen MR) is 100 cm³/mol. The molecule has 0 saturated carbocycles. The largest absolute Gasteiger partial charge is 0.497 e. The summed E-state index contributed by atoms with van der Waals surface area (Å²) in [7, 11) is 3.36. The minimum Gasteiger partial charge on any atom is -0.497 e. The highest BCUT2D eigenvalue weighted by Gasteiger charge is 2.28. The van der Waals surface area contributed by atoms with Crippen molar-refractivity contribution in [1.82, 2.24) is 9.80 Å². The molecular formula is C21H22N2O4. The van der Waals surface area contributed by atoms with Gasteiger partial charge in [-0.3, -0.25) is 19.3 Å². The van der Waals surface area contributed by atoms with Crippen molar-refractivity contribution in [2.24, 2.45) is 0 Å². The van der Waals surface area contributed by atoms with E-state index in [9.17, 15) is 14.4 Å². The molecule has 0 radical (unpaired) electrons. The molecule has 2 aromatic carbocycles. The SMILES string of the molecule is COc1cccc(CN(C)C(=O)c2ccc(CN3C(=O)CCC3=O)cc2)c1. The molecule has 3 rings (SSSR count). The maximum atomic E-state index is 12.6. The Bertz CT molecular complexity index is 845. The predicted octanol–water partition coefficient (Wildman–Crippen LogP) is 2.62. The topological polar surface area (TPSA) is 66.9 Å². The maximum absolute atomic E-state index is 12.6. The molecule has 6 nitrogen and oxygen atoms in total. The first-order chi connectivity index (χ1) is 13.0. The van der Waals surface area contributed by atoms with Crippen LogP contribution in [-0.4, -0.2) is 41.7 Å². The van der Waals surface area contributed by atoms with Gasteiger partial charge in [0.05, 0.1) is 13.7 Å². The highest BCUT2D eigenvalue weighted by atomic mass is 16.5. The van der Waals surface area contributed by atoms with Gasteiger partial charge in [-0.2, -0.15) is 0 Å². The Morgan fingerprint density at radius 2 is 1.70 bits per heavy atom. The number of ether oxygens (including phenoxy) is 1. The third kappa shape index (κ3) is 4.34. The number of nitrogens with zero attached hydrogens (tertiary/aromatic N) is 2. The van der Waals surface area contributed by atoms with E-state index >= 15 is 0 Å². The third-order valence-corrected chi connectivity index (χ3v) is 4.60. The summed E-state index contributed by atoms with van der Waals surface area (Å²) in [4.78, 5) is 39.0. The van der Waals surface area contributed by atoms with Crippen LogP contribution in [0.4, 0.5) is 0 Å². The van der Waals surface area contributed by atoms with Crippen LogP contribution in [0.5, 0.6) is 5.75 Å². The summed E-state index contributed by atoms with van der Waals surface area (Å²) in [6.07, 6.45) is 0.564. The monoisotopic (exact) mass is 366 g/mol. The molecule has 0 atom stereocenters. The lowest BCUT2D eigenvalue weighted by Crippen LogP contribution is -2.28. The summed E-state index contributed by atoms with van der Waals surface area (Å²) in [5.41, 5.74) is 2.36. The zero-order valence-corrected chi connectivity index (χ0v) is 15.5. The number of hydrogen-bond acceptors (Lipinski definition) is 4. The molecule has 0 bridgehead atoms. The molecule has 6 heteroatoms. The molecule has 0 N–H and O–H groups in total. The third-order valence-electron chi connectivity index (χ3n) is 4.60. The molecule has 0 aliphatic carbocycles. The molecule has 3 amide bonds. The highest BCUT2D eigenvalue weighted by molar-refractivity contribution is 6.01. The van der Waals surface area contributed by atoms with Crippen molar-refractivity contribution >= 4 is 17.7 Å². The Kier molecular flexibility index (Phi) is 5.54. The maximum Gasteiger partial charge on any atom is 0.253 e. The average Bonchev–Trinajstić information content (AvgIpc) is 3.00. The number of rotatable bonds is 6. The first-order valence-electron chi connectivity index (χ1n) is 8.78. The van der Waals surface area contributed by atoms with Gasteiger partial charge in [0.25, 0.3) is 5.91 Å². The fraction of sp³-hybridized carbons (Fsp3) is 0.286. The Labute approximate surface area is 158 Å². The number of benzene rings is 2. The number of methoxy groups -OCH3 is 1. The quantitative estimate of drug-likeness (QED) is 0.737. The van der Waals surface area contributed by atoms with Gasteiger partial charge >= 0.3 is 0 Å². The molecule has 2 aromatic rings. The van der Waals surface area contributed by atoms with Crippen LogP contribution in [0, 0.1) is 0 Å². The minimum absolute atomic E-state index is 0.0994. The van der Waals surface area contributed by atoms with Gasteiger partial charge in [-0.25, -0.2) is 0 Å². The van der Waals surface area contributed by atoms with Gasteiger partial charge in [-0.05, 0) is 35.4 Å². The molecule has 1 aliphatic rings. The number of amides is 3. The van der Waals surface area contributed by atoms with Gasteiger partial charge in [0.2, 0.25) is 11.8 Å². The van der Waals surface area contributed by atoms with Crippen molar-refractivity contribution in [3.8, 4) is 5.75 Å². The van der Waals surface area contributed by atoms with Crippen molar-refractivity contribution in [3.63, 3.8) is 0 Å². The van der Waals surface area contributed by atoms with Crippen LogP contribution in [-0.2, 0) is 22.7 Å². The molecule has 1 fully saturated rings. The number of hydrogen-bond donors (Lipinski definition) is 0. The van der Waals surface area contributed by atoms with Gasteiger partial charge in [0.15, 0.2) is 0 Å². The van der Waals surface area contributed by atoms with Crippen LogP contribution in [0.1, 0.15) is 34.3 Å². The van der Waals surface area contributed by atoms with Gasteiger partial charge < -0.3 is 9.64 Å². The Balaban J connectivity index is 1.64. The summed E-state index contributed by atoms with van der Waals surface area (Å²) in [5.74, 6) is 0.373. The zero-order valence-electron chi connectivity index (χ0n) is 15.5. The van der Waals surface area contributed by atoms with E-state index in [1.165, 1.54) is 4.90 Å². The van der Waals surface area contributed by atoms with Crippen LogP contribution in [0.25, 0.3) is 0 Å². The number of carbonyl (C=O) groups excluding carboxylic acids is 3. The Hall–Kier alpha value is -3.15. The van der Waals surface area contributed by atoms with E-state index < -0.39 is 0 Å². The second-order valence-electron chi connectivity index (χ2n) is 6.58. The Morgan fingerprint density at radius 1 is 1.04 bits per heavy atom. The fourth-order valence-electron chi connectivity index (χ4n) is 3.07. The van der Waals surface area contributed by atoms with Crippen molar-refractivity contribution in [2.75, 3.05) is 14.2 Å². The smallest absolute Gasteiger partial charge is 0.253 e. The van der Waals surface area contributed by atoms with E-state index in [0.717, 1.165) is 16.9 Å². The lowest BCUT2D eigenvalue weighted by atomic mass is 10.1. The minimum atomic E-state index is -0.141. The summed E-state index contributed by atoms with van der Waals surface area (Å²) in [5, 5.41) is 0. The van der Waals surface area contributed by atoms with E-state index in [4.69, 9.17) is 4.74 Å². The average molecular weight is 366 g/mol. The van der Waals surface area contributed by atoms with Crippen LogP contribution >= 0.6 is 0 Å². The summed E-state index contributed by atoms with van der Waals surface area (Å²) >= 11 is 0. The second-order valence-corrected chi connectivity index (χ2v) is 6.58. The summed E-state index contributed by atoms with van der Waals surface area (Å²) in [6.45, 7) is 0.723. The molecule has 0 aromatic heterocycles. The van der Waals surface area contributed by atoms with E-state index in [1.807, 2.05) is 24.3 Å². The number of likely N-dealkylation sites (tertiary alicyclic amines) is 1. The molecular weight excluding hydrogens is 344 g/mol. The molecule has 0 spiro atoms. The van der Waals surface area contributed by atoms with Gasteiger partial charge in [-0.15, -0.1) is 0 Å². The van der Waals surface area contributed by atoms with Crippen LogP contribution in [0.15, 0.2) is 48.5 Å². The number of carbonyl (C=O) groups is 3. The first-order valence-corrected chi connectivity index (χ1v) is 8.78. The molecule has 1 aliphatic heterocycles. The van der Waals surface area contributed by atoms with Crippen LogP contribution in [0.2, 0.25) is 0 Å². The van der Waals surface area contributed by atoms with Crippen LogP contribution in [0.3, 0.4) is 0 Å². The molecule has 27 heavy (non-hydrogen) atoms. The Morgan fingerprint density at radius 3 is 2.33 bits per heavy atom. The van der Waals surface area contributed by atoms with Crippen molar-refractivity contribution in [3.05, 3.63) is 65.2 Å². The lowest BCUT2D eigenvalue weighted by Gasteiger charge is -2.18. The number of imide groups is 1. The van der Waals surface area contributed by atoms with Gasteiger partial charge in [0.1, 0.15) is 5.75 Å². The second kappa shape index (κ2) is 8.03. The van der Waals surface area contributed by atoms with Gasteiger partial charge in [0, 0.05) is 32.0 Å². The molecule has 1 heterocycles. The highest BCUT2D eigenvalue weighted by Crippen LogP contribution is 2.18. The summed E-state index contributed by atoms with van der Waals surface area (Å²) < 4.78 is 5.21. The normalized spacial score (nSPS) is 13.8. The van der Waals surface area contributed by atoms with Gasteiger partial charge in [-0.1, -0.05) is 24.3 Å². The van der Waals surface area contributed by atoms with E-state index in [1.54, 1.807) is 43.3 Å². The van der Waals surface area contributed by atoms with Crippen LogP contribution < -0.4 is 4.74 Å². The van der Waals surface area contributed by atoms with E-state index in [2.05, 4.69) is 0 Å². The molecule has 0 unspecified atom stereocenters. The lowest BCUT2D eigenvalue weighted by molar-refractivity contribution is -0.139. The molecule has 1 saturated heterocycles. The standard InChI is InChI=1S/C21H22N2O4/c1-22(13-16-4-3-5-18(12-16)27-2)21(26)17-8-6-15(7-9-17)14-23-19(24)10-11-20(23)25/h3-9,12H,10-11,13-14H2,1-2H3. The molecule has 140 valence electrons. The van der Waals surface area contributed by atoms with Crippen molar-refractivity contribution < 1.29 is 19.1 Å². The summed E-state index contributed by atoms with van der Waals surface area (Å²) in [6, 6.07) is 14.6. The van der Waals surface area contributed by atoms with Crippen molar-refractivity contribution in [2.45, 2.75) is 25.9 Å². The zero-order chi connectivity index (χ0) is 19.4. The van der Waals surface area contributed by atoms with E-state index in [0.29, 0.717) is 12.1 Å². The fourth-order valence-corrected chi connectivity index (χ4v) is 3.07. The first kappa shape index (κ1) is 18.6. The van der Waals surface area contributed by atoms with E-state index in [-0.39, 0.29) is 37.1 Å².